The Balaban J connectivity index is 1.87. The molecule has 1 fully saturated rings. The van der Waals surface area contributed by atoms with E-state index < -0.39 is 41.9 Å². The molecule has 5 unspecified atom stereocenters. The van der Waals surface area contributed by atoms with Crippen LogP contribution in [0.2, 0.25) is 0 Å². The van der Waals surface area contributed by atoms with Gasteiger partial charge in [0.25, 0.3) is 5.91 Å². The highest BCUT2D eigenvalue weighted by Crippen LogP contribution is 2.48. The van der Waals surface area contributed by atoms with Crippen molar-refractivity contribution in [2.45, 2.75) is 37.5 Å². The summed E-state index contributed by atoms with van der Waals surface area (Å²) < 4.78 is 46.0. The highest BCUT2D eigenvalue weighted by Gasteiger charge is 2.56. The van der Waals surface area contributed by atoms with Crippen LogP contribution in [0.5, 0.6) is 0 Å². The molecule has 26 heavy (non-hydrogen) atoms. The number of hydrogen-bond acceptors (Lipinski definition) is 6. The molecule has 0 bridgehead atoms. The van der Waals surface area contributed by atoms with Crippen LogP contribution >= 0.6 is 0 Å². The maximum absolute atomic E-state index is 13.6. The van der Waals surface area contributed by atoms with Crippen LogP contribution in [0.3, 0.4) is 0 Å². The maximum Gasteiger partial charge on any atom is 0.394 e. The third kappa shape index (κ3) is 3.55. The molecule has 0 saturated heterocycles. The number of aromatic nitrogens is 3. The second-order valence-corrected chi connectivity index (χ2v) is 6.39. The van der Waals surface area contributed by atoms with E-state index in [2.05, 4.69) is 20.3 Å². The van der Waals surface area contributed by atoms with Crippen molar-refractivity contribution in [3.05, 3.63) is 42.6 Å². The second-order valence-electron chi connectivity index (χ2n) is 6.39. The fourth-order valence-electron chi connectivity index (χ4n) is 3.57. The molecule has 2 heterocycles. The van der Waals surface area contributed by atoms with Gasteiger partial charge in [0.15, 0.2) is 5.89 Å². The van der Waals surface area contributed by atoms with Gasteiger partial charge in [0.1, 0.15) is 12.0 Å². The molecule has 2 aromatic heterocycles. The fraction of sp³-hybridized carbons (Fsp3) is 0.500. The van der Waals surface area contributed by atoms with Crippen LogP contribution in [0.15, 0.2) is 35.5 Å². The Morgan fingerprint density at radius 2 is 2.08 bits per heavy atom. The summed E-state index contributed by atoms with van der Waals surface area (Å²) in [6, 6.07) is -1.79. The first-order valence-electron chi connectivity index (χ1n) is 8.07. The highest BCUT2D eigenvalue weighted by atomic mass is 19.4. The van der Waals surface area contributed by atoms with E-state index in [1.807, 2.05) is 0 Å². The Bertz CT molecular complexity index is 738. The van der Waals surface area contributed by atoms with Crippen molar-refractivity contribution in [1.29, 1.82) is 0 Å². The number of nitrogens with zero attached hydrogens (tertiary/aromatic N) is 3. The van der Waals surface area contributed by atoms with E-state index in [0.717, 1.165) is 0 Å². The third-order valence-electron chi connectivity index (χ3n) is 4.80. The number of halogens is 3. The lowest BCUT2D eigenvalue weighted by Crippen LogP contribution is -2.57. The van der Waals surface area contributed by atoms with E-state index in [0.29, 0.717) is 0 Å². The van der Waals surface area contributed by atoms with Gasteiger partial charge in [0, 0.05) is 24.5 Å². The first kappa shape index (κ1) is 18.3. The minimum Gasteiger partial charge on any atom is -0.449 e. The Morgan fingerprint density at radius 1 is 1.31 bits per heavy atom. The lowest BCUT2D eigenvalue weighted by atomic mass is 9.67. The average molecular weight is 369 g/mol. The van der Waals surface area contributed by atoms with Crippen LogP contribution in [0.1, 0.15) is 35.6 Å². The molecule has 2 aromatic rings. The second kappa shape index (κ2) is 7.02. The van der Waals surface area contributed by atoms with Gasteiger partial charge in [-0.2, -0.15) is 13.2 Å². The number of nitrogens with one attached hydrogen (secondary N) is 1. The molecule has 5 atom stereocenters. The molecule has 3 rings (SSSR count). The predicted molar refractivity (Wildman–Crippen MR) is 83.8 cm³/mol. The Labute approximate surface area is 147 Å². The van der Waals surface area contributed by atoms with Gasteiger partial charge in [0.05, 0.1) is 24.2 Å². The monoisotopic (exact) mass is 369 g/mol. The van der Waals surface area contributed by atoms with Crippen molar-refractivity contribution in [3.63, 3.8) is 0 Å². The summed E-state index contributed by atoms with van der Waals surface area (Å²) >= 11 is 0. The Kier molecular flexibility index (Phi) is 4.94. The lowest BCUT2D eigenvalue weighted by Gasteiger charge is -2.44. The summed E-state index contributed by atoms with van der Waals surface area (Å²) in [5, 5.41) is 2.72. The van der Waals surface area contributed by atoms with E-state index in [-0.39, 0.29) is 18.0 Å². The molecule has 0 aliphatic heterocycles. The number of nitrogens with two attached hydrogens (primary N) is 1. The minimum absolute atomic E-state index is 0.0193. The van der Waals surface area contributed by atoms with Gasteiger partial charge in [-0.05, 0) is 12.3 Å². The maximum atomic E-state index is 13.6. The van der Waals surface area contributed by atoms with Gasteiger partial charge in [-0.25, -0.2) is 9.97 Å². The quantitative estimate of drug-likeness (QED) is 0.856. The number of oxazole rings is 1. The largest absolute Gasteiger partial charge is 0.449 e. The van der Waals surface area contributed by atoms with Gasteiger partial charge in [-0.3, -0.25) is 9.78 Å². The molecule has 3 N–H and O–H groups in total. The SMILES string of the molecule is CC1C(NC(=O)c2cnccn2)CC(N)C(C(F)(F)F)C1c1ncco1. The molecule has 1 saturated carbocycles. The standard InChI is InChI=1S/C16H18F3N5O2/c1-8-10(24-14(25)11-7-21-2-3-22-11)6-9(20)13(16(17,18)19)12(8)15-23-4-5-26-15/h2-5,7-10,12-13H,6,20H2,1H3,(H,24,25). The molecule has 1 aliphatic rings. The Hall–Kier alpha value is -2.49. The number of rotatable bonds is 3. The number of carbonyl (C=O) groups is 1. The zero-order valence-electron chi connectivity index (χ0n) is 13.8. The van der Waals surface area contributed by atoms with Gasteiger partial charge in [-0.1, -0.05) is 6.92 Å². The van der Waals surface area contributed by atoms with Crippen molar-refractivity contribution in [2.24, 2.45) is 17.6 Å². The van der Waals surface area contributed by atoms with Crippen molar-refractivity contribution < 1.29 is 22.4 Å². The van der Waals surface area contributed by atoms with E-state index in [1.54, 1.807) is 6.92 Å². The zero-order valence-corrected chi connectivity index (χ0v) is 13.8. The molecular weight excluding hydrogens is 351 g/mol. The summed E-state index contributed by atoms with van der Waals surface area (Å²) in [6.07, 6.45) is 2.06. The van der Waals surface area contributed by atoms with Crippen LogP contribution in [-0.4, -0.2) is 39.1 Å². The van der Waals surface area contributed by atoms with Gasteiger partial charge < -0.3 is 15.5 Å². The highest BCUT2D eigenvalue weighted by molar-refractivity contribution is 5.92. The molecule has 0 aromatic carbocycles. The minimum atomic E-state index is -4.51. The van der Waals surface area contributed by atoms with Gasteiger partial charge >= 0.3 is 6.18 Å². The summed E-state index contributed by atoms with van der Waals surface area (Å²) in [6.45, 7) is 1.63. The van der Waals surface area contributed by atoms with Gasteiger partial charge in [-0.15, -0.1) is 0 Å². The zero-order chi connectivity index (χ0) is 18.9. The average Bonchev–Trinajstić information content (AvgIpc) is 3.11. The number of hydrogen-bond donors (Lipinski definition) is 2. The topological polar surface area (TPSA) is 107 Å². The van der Waals surface area contributed by atoms with E-state index in [4.69, 9.17) is 10.2 Å². The van der Waals surface area contributed by atoms with Crippen LogP contribution in [0, 0.1) is 11.8 Å². The molecule has 0 radical (unpaired) electrons. The fourth-order valence-corrected chi connectivity index (χ4v) is 3.57. The van der Waals surface area contributed by atoms with E-state index >= 15 is 0 Å². The van der Waals surface area contributed by atoms with Crippen molar-refractivity contribution >= 4 is 5.91 Å². The molecule has 1 aliphatic carbocycles. The normalized spacial score (nSPS) is 29.3. The molecule has 10 heteroatoms. The number of amides is 1. The summed E-state index contributed by atoms with van der Waals surface area (Å²) in [5.74, 6) is -4.05. The number of alkyl halides is 3. The molecular formula is C16H18F3N5O2. The van der Waals surface area contributed by atoms with Crippen LogP contribution in [0.4, 0.5) is 13.2 Å². The molecule has 7 nitrogen and oxygen atoms in total. The predicted octanol–water partition coefficient (Wildman–Crippen LogP) is 1.89. The first-order valence-corrected chi connectivity index (χ1v) is 8.07. The van der Waals surface area contributed by atoms with Crippen molar-refractivity contribution in [2.75, 3.05) is 0 Å². The van der Waals surface area contributed by atoms with Crippen LogP contribution in [0.25, 0.3) is 0 Å². The molecule has 140 valence electrons. The van der Waals surface area contributed by atoms with Crippen LogP contribution < -0.4 is 11.1 Å². The van der Waals surface area contributed by atoms with E-state index in [9.17, 15) is 18.0 Å². The Morgan fingerprint density at radius 3 is 2.65 bits per heavy atom. The molecule has 1 amide bonds. The molecule has 0 spiro atoms. The van der Waals surface area contributed by atoms with Crippen LogP contribution in [-0.2, 0) is 0 Å². The smallest absolute Gasteiger partial charge is 0.394 e. The van der Waals surface area contributed by atoms with Gasteiger partial charge in [0.2, 0.25) is 0 Å². The van der Waals surface area contributed by atoms with Crippen molar-refractivity contribution in [3.8, 4) is 0 Å². The first-order chi connectivity index (χ1) is 12.3. The third-order valence-corrected chi connectivity index (χ3v) is 4.80. The summed E-state index contributed by atoms with van der Waals surface area (Å²) in [7, 11) is 0. The summed E-state index contributed by atoms with van der Waals surface area (Å²) in [4.78, 5) is 23.9. The van der Waals surface area contributed by atoms with Crippen molar-refractivity contribution in [1.82, 2.24) is 20.3 Å². The summed E-state index contributed by atoms with van der Waals surface area (Å²) in [5.41, 5.74) is 5.94. The number of carbonyl (C=O) groups excluding carboxylic acids is 1. The van der Waals surface area contributed by atoms with E-state index in [1.165, 1.54) is 31.1 Å². The lowest BCUT2D eigenvalue weighted by molar-refractivity contribution is -0.199.